The van der Waals surface area contributed by atoms with Crippen LogP contribution in [0.3, 0.4) is 0 Å². The van der Waals surface area contributed by atoms with Gasteiger partial charge in [-0.2, -0.15) is 0 Å². The van der Waals surface area contributed by atoms with Crippen LogP contribution in [0.15, 0.2) is 23.0 Å². The number of anilines is 2. The van der Waals surface area contributed by atoms with Gasteiger partial charge in [-0.1, -0.05) is 0 Å². The molecule has 94 valence electrons. The van der Waals surface area contributed by atoms with E-state index in [0.717, 1.165) is 6.54 Å². The van der Waals surface area contributed by atoms with E-state index in [4.69, 9.17) is 5.73 Å². The third-order valence-electron chi connectivity index (χ3n) is 3.32. The van der Waals surface area contributed by atoms with Gasteiger partial charge in [0.05, 0.1) is 10.9 Å². The molecular formula is C13H16N4O. The summed E-state index contributed by atoms with van der Waals surface area (Å²) in [6, 6.07) is 5.76. The number of nitrogens with one attached hydrogen (secondary N) is 1. The minimum absolute atomic E-state index is 0.124. The van der Waals surface area contributed by atoms with Crippen LogP contribution < -0.4 is 16.2 Å². The average molecular weight is 244 g/mol. The van der Waals surface area contributed by atoms with Gasteiger partial charge < -0.3 is 10.6 Å². The van der Waals surface area contributed by atoms with E-state index in [9.17, 15) is 4.79 Å². The standard InChI is InChI=1S/C13H16N4O/c1-2-17(9-4-5-9)13-15-11-6-3-8(14)7-10(11)12(18)16-13/h3,6-7,9H,2,4-5,14H2,1H3,(H,15,16,18). The molecule has 1 aliphatic rings. The Morgan fingerprint density at radius 1 is 1.50 bits per heavy atom. The zero-order valence-corrected chi connectivity index (χ0v) is 10.3. The molecule has 0 saturated heterocycles. The van der Waals surface area contributed by atoms with Crippen molar-refractivity contribution in [3.05, 3.63) is 28.6 Å². The molecule has 0 atom stereocenters. The van der Waals surface area contributed by atoms with E-state index in [1.54, 1.807) is 18.2 Å². The largest absolute Gasteiger partial charge is 0.399 e. The summed E-state index contributed by atoms with van der Waals surface area (Å²) in [6.45, 7) is 2.93. The lowest BCUT2D eigenvalue weighted by Gasteiger charge is -2.20. The van der Waals surface area contributed by atoms with Crippen LogP contribution in [0.1, 0.15) is 19.8 Å². The van der Waals surface area contributed by atoms with E-state index in [-0.39, 0.29) is 5.56 Å². The van der Waals surface area contributed by atoms with Crippen LogP contribution in [0, 0.1) is 0 Å². The molecule has 0 amide bonds. The van der Waals surface area contributed by atoms with Crippen molar-refractivity contribution in [3.8, 4) is 0 Å². The van der Waals surface area contributed by atoms with Crippen LogP contribution in [-0.4, -0.2) is 22.6 Å². The van der Waals surface area contributed by atoms with Crippen molar-refractivity contribution >= 4 is 22.5 Å². The molecule has 1 aromatic carbocycles. The molecule has 5 heteroatoms. The van der Waals surface area contributed by atoms with Gasteiger partial charge >= 0.3 is 0 Å². The normalized spacial score (nSPS) is 14.9. The van der Waals surface area contributed by atoms with Crippen molar-refractivity contribution in [2.75, 3.05) is 17.2 Å². The summed E-state index contributed by atoms with van der Waals surface area (Å²) in [5, 5.41) is 0.547. The highest BCUT2D eigenvalue weighted by Crippen LogP contribution is 2.29. The second-order valence-electron chi connectivity index (χ2n) is 4.68. The number of nitrogen functional groups attached to an aromatic ring is 1. The van der Waals surface area contributed by atoms with Gasteiger partial charge in [0.15, 0.2) is 0 Å². The van der Waals surface area contributed by atoms with E-state index in [1.807, 2.05) is 0 Å². The van der Waals surface area contributed by atoms with Crippen molar-refractivity contribution in [2.24, 2.45) is 0 Å². The number of hydrogen-bond donors (Lipinski definition) is 2. The molecule has 5 nitrogen and oxygen atoms in total. The maximum absolute atomic E-state index is 12.0. The fourth-order valence-electron chi connectivity index (χ4n) is 2.25. The van der Waals surface area contributed by atoms with Crippen molar-refractivity contribution < 1.29 is 0 Å². The molecule has 0 radical (unpaired) electrons. The first-order valence-corrected chi connectivity index (χ1v) is 6.25. The summed E-state index contributed by atoms with van der Waals surface area (Å²) in [7, 11) is 0. The number of hydrogen-bond acceptors (Lipinski definition) is 4. The van der Waals surface area contributed by atoms with Gasteiger partial charge in [-0.3, -0.25) is 9.78 Å². The van der Waals surface area contributed by atoms with Gasteiger partial charge in [-0.15, -0.1) is 0 Å². The average Bonchev–Trinajstić information content (AvgIpc) is 3.16. The van der Waals surface area contributed by atoms with Gasteiger partial charge in [0.25, 0.3) is 5.56 Å². The van der Waals surface area contributed by atoms with Crippen LogP contribution in [0.25, 0.3) is 10.9 Å². The van der Waals surface area contributed by atoms with E-state index in [0.29, 0.717) is 28.6 Å². The molecule has 1 saturated carbocycles. The first-order valence-electron chi connectivity index (χ1n) is 6.25. The molecule has 1 heterocycles. The highest BCUT2D eigenvalue weighted by atomic mass is 16.1. The van der Waals surface area contributed by atoms with Crippen LogP contribution in [-0.2, 0) is 0 Å². The van der Waals surface area contributed by atoms with Gasteiger partial charge in [0.2, 0.25) is 5.95 Å². The van der Waals surface area contributed by atoms with Gasteiger partial charge in [0.1, 0.15) is 0 Å². The summed E-state index contributed by atoms with van der Waals surface area (Å²) >= 11 is 0. The summed E-state index contributed by atoms with van der Waals surface area (Å²) in [5.74, 6) is 0.669. The fraction of sp³-hybridized carbons (Fsp3) is 0.385. The number of benzene rings is 1. The molecule has 0 unspecified atom stereocenters. The Kier molecular flexibility index (Phi) is 2.47. The number of nitrogens with two attached hydrogens (primary N) is 1. The molecule has 1 aliphatic carbocycles. The van der Waals surface area contributed by atoms with Crippen molar-refractivity contribution in [1.82, 2.24) is 9.97 Å². The fourth-order valence-corrected chi connectivity index (χ4v) is 2.25. The number of aromatic amines is 1. The topological polar surface area (TPSA) is 75.0 Å². The van der Waals surface area contributed by atoms with Gasteiger partial charge in [-0.25, -0.2) is 4.98 Å². The third kappa shape index (κ3) is 1.81. The van der Waals surface area contributed by atoms with E-state index in [2.05, 4.69) is 21.8 Å². The minimum atomic E-state index is -0.124. The lowest BCUT2D eigenvalue weighted by atomic mass is 10.2. The monoisotopic (exact) mass is 244 g/mol. The van der Waals surface area contributed by atoms with Crippen molar-refractivity contribution in [3.63, 3.8) is 0 Å². The van der Waals surface area contributed by atoms with Crippen LogP contribution in [0.2, 0.25) is 0 Å². The highest BCUT2D eigenvalue weighted by molar-refractivity contribution is 5.81. The second kappa shape index (κ2) is 4.01. The minimum Gasteiger partial charge on any atom is -0.399 e. The van der Waals surface area contributed by atoms with Crippen molar-refractivity contribution in [2.45, 2.75) is 25.8 Å². The number of nitrogens with zero attached hydrogens (tertiary/aromatic N) is 2. The number of H-pyrrole nitrogens is 1. The Hall–Kier alpha value is -2.04. The number of aromatic nitrogens is 2. The zero-order valence-electron chi connectivity index (χ0n) is 10.3. The summed E-state index contributed by atoms with van der Waals surface area (Å²) in [5.41, 5.74) is 6.84. The predicted molar refractivity (Wildman–Crippen MR) is 72.8 cm³/mol. The van der Waals surface area contributed by atoms with E-state index < -0.39 is 0 Å². The summed E-state index contributed by atoms with van der Waals surface area (Å²) in [6.07, 6.45) is 2.36. The molecule has 0 aliphatic heterocycles. The zero-order chi connectivity index (χ0) is 12.7. The first-order chi connectivity index (χ1) is 8.69. The molecule has 1 fully saturated rings. The maximum atomic E-state index is 12.0. The molecule has 0 spiro atoms. The summed E-state index contributed by atoms with van der Waals surface area (Å²) in [4.78, 5) is 21.6. The van der Waals surface area contributed by atoms with Crippen LogP contribution >= 0.6 is 0 Å². The molecular weight excluding hydrogens is 228 g/mol. The molecule has 2 aromatic rings. The Labute approximate surface area is 105 Å². The Morgan fingerprint density at radius 2 is 2.28 bits per heavy atom. The molecule has 3 N–H and O–H groups in total. The molecule has 0 bridgehead atoms. The van der Waals surface area contributed by atoms with E-state index in [1.165, 1.54) is 12.8 Å². The predicted octanol–water partition coefficient (Wildman–Crippen LogP) is 1.49. The van der Waals surface area contributed by atoms with Crippen LogP contribution in [0.5, 0.6) is 0 Å². The van der Waals surface area contributed by atoms with E-state index >= 15 is 0 Å². The Balaban J connectivity index is 2.14. The Morgan fingerprint density at radius 3 is 2.94 bits per heavy atom. The number of fused-ring (bicyclic) bond motifs is 1. The van der Waals surface area contributed by atoms with Gasteiger partial charge in [-0.05, 0) is 38.0 Å². The molecule has 1 aromatic heterocycles. The second-order valence-corrected chi connectivity index (χ2v) is 4.68. The Bertz CT molecular complexity index is 645. The van der Waals surface area contributed by atoms with Crippen LogP contribution in [0.4, 0.5) is 11.6 Å². The lowest BCUT2D eigenvalue weighted by Crippen LogP contribution is -2.29. The SMILES string of the molecule is CCN(c1nc2ccc(N)cc2c(=O)[nH]1)C1CC1. The summed E-state index contributed by atoms with van der Waals surface area (Å²) < 4.78 is 0. The van der Waals surface area contributed by atoms with Gasteiger partial charge in [0, 0.05) is 18.3 Å². The molecule has 18 heavy (non-hydrogen) atoms. The quantitative estimate of drug-likeness (QED) is 0.802. The smallest absolute Gasteiger partial charge is 0.260 e. The molecule has 3 rings (SSSR count). The van der Waals surface area contributed by atoms with Crippen molar-refractivity contribution in [1.29, 1.82) is 0 Å². The first kappa shape index (κ1) is 11.1. The third-order valence-corrected chi connectivity index (χ3v) is 3.32. The lowest BCUT2D eigenvalue weighted by molar-refractivity contribution is 0.788. The maximum Gasteiger partial charge on any atom is 0.260 e. The number of rotatable bonds is 3. The highest BCUT2D eigenvalue weighted by Gasteiger charge is 2.29.